The number of H-pyrrole nitrogens is 1. The predicted molar refractivity (Wildman–Crippen MR) is 65.5 cm³/mol. The van der Waals surface area contributed by atoms with E-state index in [1.54, 1.807) is 0 Å². The molecule has 84 valence electrons. The zero-order valence-electron chi connectivity index (χ0n) is 9.49. The molecule has 0 aliphatic carbocycles. The molecule has 0 atom stereocenters. The van der Waals surface area contributed by atoms with Gasteiger partial charge in [0.05, 0.1) is 5.69 Å². The Morgan fingerprint density at radius 3 is 2.53 bits per heavy atom. The lowest BCUT2D eigenvalue weighted by atomic mass is 10.1. The van der Waals surface area contributed by atoms with E-state index in [-0.39, 0.29) is 0 Å². The summed E-state index contributed by atoms with van der Waals surface area (Å²) in [4.78, 5) is 3.15. The van der Waals surface area contributed by atoms with Crippen LogP contribution in [0.3, 0.4) is 0 Å². The molecule has 0 unspecified atom stereocenters. The maximum Gasteiger partial charge on any atom is 0.196 e. The van der Waals surface area contributed by atoms with E-state index >= 15 is 0 Å². The van der Waals surface area contributed by atoms with Crippen LogP contribution in [-0.4, -0.2) is 22.7 Å². The van der Waals surface area contributed by atoms with Gasteiger partial charge in [0.25, 0.3) is 0 Å². The third kappa shape index (κ3) is 2.09. The quantitative estimate of drug-likeness (QED) is 0.783. The van der Waals surface area contributed by atoms with Crippen LogP contribution in [0, 0.1) is 4.77 Å². The van der Waals surface area contributed by atoms with Gasteiger partial charge in [0.1, 0.15) is 0 Å². The molecule has 0 saturated carbocycles. The molecule has 1 fully saturated rings. The van der Waals surface area contributed by atoms with Crippen LogP contribution in [0.1, 0.15) is 44.7 Å². The van der Waals surface area contributed by atoms with Crippen molar-refractivity contribution in [2.24, 2.45) is 0 Å². The predicted octanol–water partition coefficient (Wildman–Crippen LogP) is 2.79. The molecule has 3 nitrogen and oxygen atoms in total. The third-order valence-corrected chi connectivity index (χ3v) is 3.28. The fourth-order valence-electron chi connectivity index (χ4n) is 2.16. The van der Waals surface area contributed by atoms with Crippen molar-refractivity contribution in [1.82, 2.24) is 9.66 Å². The highest BCUT2D eigenvalue weighted by Crippen LogP contribution is 2.17. The second-order valence-corrected chi connectivity index (χ2v) is 4.89. The number of nitrogens with one attached hydrogen (secondary N) is 1. The molecule has 0 radical (unpaired) electrons. The Balaban J connectivity index is 2.32. The molecule has 1 aliphatic heterocycles. The maximum absolute atomic E-state index is 5.34. The minimum Gasteiger partial charge on any atom is -0.336 e. The summed E-state index contributed by atoms with van der Waals surface area (Å²) in [7, 11) is 0. The van der Waals surface area contributed by atoms with Gasteiger partial charge in [-0.05, 0) is 37.4 Å². The summed E-state index contributed by atoms with van der Waals surface area (Å²) in [6.45, 7) is 6.68. The molecule has 1 aromatic heterocycles. The number of imidazole rings is 1. The van der Waals surface area contributed by atoms with E-state index in [1.165, 1.54) is 25.0 Å². The van der Waals surface area contributed by atoms with E-state index in [4.69, 9.17) is 12.2 Å². The van der Waals surface area contributed by atoms with Crippen molar-refractivity contribution in [3.63, 3.8) is 0 Å². The average molecular weight is 225 g/mol. The van der Waals surface area contributed by atoms with Crippen LogP contribution in [-0.2, 0) is 0 Å². The molecule has 4 heteroatoms. The first-order valence-electron chi connectivity index (χ1n) is 5.75. The van der Waals surface area contributed by atoms with Crippen LogP contribution in [0.5, 0.6) is 0 Å². The van der Waals surface area contributed by atoms with Crippen LogP contribution >= 0.6 is 12.2 Å². The van der Waals surface area contributed by atoms with E-state index in [0.717, 1.165) is 17.9 Å². The topological polar surface area (TPSA) is 24.0 Å². The zero-order chi connectivity index (χ0) is 10.8. The number of nitrogens with zero attached hydrogens (tertiary/aromatic N) is 2. The zero-order valence-corrected chi connectivity index (χ0v) is 10.3. The van der Waals surface area contributed by atoms with Gasteiger partial charge in [0.15, 0.2) is 4.77 Å². The summed E-state index contributed by atoms with van der Waals surface area (Å²) in [5.41, 5.74) is 1.29. The molecule has 1 N–H and O–H groups in total. The van der Waals surface area contributed by atoms with Crippen LogP contribution < -0.4 is 5.01 Å². The lowest BCUT2D eigenvalue weighted by Gasteiger charge is -2.31. The molecule has 0 aromatic carbocycles. The third-order valence-electron chi connectivity index (χ3n) is 2.99. The van der Waals surface area contributed by atoms with Crippen molar-refractivity contribution < 1.29 is 0 Å². The first-order chi connectivity index (χ1) is 7.20. The molecule has 1 aliphatic rings. The normalized spacial score (nSPS) is 17.4. The minimum atomic E-state index is 0.514. The molecule has 15 heavy (non-hydrogen) atoms. The molecular weight excluding hydrogens is 206 g/mol. The first kappa shape index (κ1) is 10.7. The van der Waals surface area contributed by atoms with E-state index in [1.807, 2.05) is 6.20 Å². The fraction of sp³-hybridized carbons (Fsp3) is 0.727. The highest BCUT2D eigenvalue weighted by Gasteiger charge is 2.16. The summed E-state index contributed by atoms with van der Waals surface area (Å²) >= 11 is 5.34. The van der Waals surface area contributed by atoms with E-state index in [2.05, 4.69) is 28.5 Å². The van der Waals surface area contributed by atoms with Gasteiger partial charge in [-0.3, -0.25) is 0 Å². The molecule has 2 heterocycles. The number of hydrogen-bond donors (Lipinski definition) is 1. The molecule has 1 saturated heterocycles. The van der Waals surface area contributed by atoms with Crippen LogP contribution in [0.4, 0.5) is 0 Å². The van der Waals surface area contributed by atoms with Gasteiger partial charge in [0.2, 0.25) is 0 Å². The maximum atomic E-state index is 5.34. The van der Waals surface area contributed by atoms with Gasteiger partial charge in [0, 0.05) is 19.3 Å². The van der Waals surface area contributed by atoms with Crippen molar-refractivity contribution in [2.75, 3.05) is 18.1 Å². The summed E-state index contributed by atoms with van der Waals surface area (Å²) in [5, 5.41) is 2.37. The first-order valence-corrected chi connectivity index (χ1v) is 6.16. The van der Waals surface area contributed by atoms with E-state index in [9.17, 15) is 0 Å². The largest absolute Gasteiger partial charge is 0.336 e. The van der Waals surface area contributed by atoms with Crippen molar-refractivity contribution in [1.29, 1.82) is 0 Å². The lowest BCUT2D eigenvalue weighted by molar-refractivity contribution is 0.461. The van der Waals surface area contributed by atoms with Crippen molar-refractivity contribution in [3.05, 3.63) is 16.7 Å². The second-order valence-electron chi connectivity index (χ2n) is 4.50. The highest BCUT2D eigenvalue weighted by atomic mass is 32.1. The fourth-order valence-corrected chi connectivity index (χ4v) is 2.44. The summed E-state index contributed by atoms with van der Waals surface area (Å²) in [6, 6.07) is 0. The average Bonchev–Trinajstić information content (AvgIpc) is 2.61. The molecule has 1 aromatic rings. The van der Waals surface area contributed by atoms with Crippen molar-refractivity contribution in [2.45, 2.75) is 39.0 Å². The van der Waals surface area contributed by atoms with Crippen LogP contribution in [0.15, 0.2) is 6.20 Å². The smallest absolute Gasteiger partial charge is 0.196 e. The Morgan fingerprint density at radius 1 is 1.27 bits per heavy atom. The van der Waals surface area contributed by atoms with Gasteiger partial charge >= 0.3 is 0 Å². The monoisotopic (exact) mass is 225 g/mol. The summed E-state index contributed by atoms with van der Waals surface area (Å²) < 4.78 is 3.03. The Hall–Kier alpha value is -0.770. The number of rotatable bonds is 2. The molecule has 2 rings (SSSR count). The van der Waals surface area contributed by atoms with E-state index < -0.39 is 0 Å². The number of aromatic amines is 1. The van der Waals surface area contributed by atoms with Gasteiger partial charge in [-0.25, -0.2) is 4.68 Å². The number of piperidine rings is 1. The lowest BCUT2D eigenvalue weighted by Crippen LogP contribution is -2.40. The Morgan fingerprint density at radius 2 is 1.93 bits per heavy atom. The van der Waals surface area contributed by atoms with Gasteiger partial charge in [-0.2, -0.15) is 0 Å². The summed E-state index contributed by atoms with van der Waals surface area (Å²) in [6.07, 6.45) is 5.96. The minimum absolute atomic E-state index is 0.514. The molecule has 0 spiro atoms. The number of hydrogen-bond acceptors (Lipinski definition) is 2. The second kappa shape index (κ2) is 4.39. The van der Waals surface area contributed by atoms with Crippen molar-refractivity contribution >= 4 is 12.2 Å². The molecule has 0 amide bonds. The summed E-state index contributed by atoms with van der Waals surface area (Å²) in [5.74, 6) is 0.514. The van der Waals surface area contributed by atoms with Gasteiger partial charge in [-0.15, -0.1) is 0 Å². The van der Waals surface area contributed by atoms with E-state index in [0.29, 0.717) is 5.92 Å². The Labute approximate surface area is 96.1 Å². The Bertz CT molecular complexity index is 371. The number of aromatic nitrogens is 2. The molecular formula is C11H19N3S. The van der Waals surface area contributed by atoms with Gasteiger partial charge in [-0.1, -0.05) is 13.8 Å². The Kier molecular flexibility index (Phi) is 3.14. The highest BCUT2D eigenvalue weighted by molar-refractivity contribution is 7.71. The SMILES string of the molecule is CC(C)c1c[nH]c(=S)n1N1CCCCC1. The standard InChI is InChI=1S/C11H19N3S/c1-9(2)10-8-12-11(15)14(10)13-6-4-3-5-7-13/h8-9H,3-7H2,1-2H3,(H,12,15). The van der Waals surface area contributed by atoms with Crippen LogP contribution in [0.2, 0.25) is 0 Å². The molecule has 0 bridgehead atoms. The van der Waals surface area contributed by atoms with Crippen molar-refractivity contribution in [3.8, 4) is 0 Å². The van der Waals surface area contributed by atoms with Gasteiger partial charge < -0.3 is 9.99 Å². The van der Waals surface area contributed by atoms with Crippen LogP contribution in [0.25, 0.3) is 0 Å².